The maximum atomic E-state index is 11.9. The molecule has 0 atom stereocenters. The molecule has 0 aliphatic carbocycles. The lowest BCUT2D eigenvalue weighted by molar-refractivity contribution is 0.238. The molecule has 4 heteroatoms. The first-order valence-electron chi connectivity index (χ1n) is 7.45. The molecule has 0 unspecified atom stereocenters. The van der Waals surface area contributed by atoms with Gasteiger partial charge in [0.25, 0.3) is 0 Å². The van der Waals surface area contributed by atoms with Gasteiger partial charge in [-0.1, -0.05) is 49.7 Å². The highest BCUT2D eigenvalue weighted by Crippen LogP contribution is 2.22. The summed E-state index contributed by atoms with van der Waals surface area (Å²) in [5.41, 5.74) is 3.32. The highest BCUT2D eigenvalue weighted by molar-refractivity contribution is 5.73. The van der Waals surface area contributed by atoms with Crippen molar-refractivity contribution < 1.29 is 4.79 Å². The fourth-order valence-corrected chi connectivity index (χ4v) is 2.16. The van der Waals surface area contributed by atoms with E-state index in [1.165, 1.54) is 11.1 Å². The molecule has 2 amide bonds. The molecule has 0 spiro atoms. The number of hydrogen-bond donors (Lipinski definition) is 2. The minimum absolute atomic E-state index is 0.112. The van der Waals surface area contributed by atoms with Crippen LogP contribution in [0.15, 0.2) is 48.8 Å². The van der Waals surface area contributed by atoms with Gasteiger partial charge in [-0.05, 0) is 24.1 Å². The van der Waals surface area contributed by atoms with Gasteiger partial charge in [0.2, 0.25) is 0 Å². The lowest BCUT2D eigenvalue weighted by Crippen LogP contribution is -2.42. The first-order chi connectivity index (χ1) is 10.5. The Kier molecular flexibility index (Phi) is 5.15. The third-order valence-electron chi connectivity index (χ3n) is 3.70. The molecular formula is C18H23N3O. The zero-order valence-corrected chi connectivity index (χ0v) is 13.4. The van der Waals surface area contributed by atoms with E-state index in [-0.39, 0.29) is 11.4 Å². The van der Waals surface area contributed by atoms with Gasteiger partial charge in [0.15, 0.2) is 0 Å². The quantitative estimate of drug-likeness (QED) is 0.890. The second-order valence-corrected chi connectivity index (χ2v) is 6.15. The summed E-state index contributed by atoms with van der Waals surface area (Å²) in [6.45, 7) is 7.37. The normalized spacial score (nSPS) is 11.0. The summed E-state index contributed by atoms with van der Waals surface area (Å²) in [5, 5.41) is 5.78. The van der Waals surface area contributed by atoms with Crippen LogP contribution in [0.3, 0.4) is 0 Å². The van der Waals surface area contributed by atoms with E-state index < -0.39 is 0 Å². The molecule has 0 bridgehead atoms. The van der Waals surface area contributed by atoms with Crippen molar-refractivity contribution in [2.75, 3.05) is 6.54 Å². The number of aryl methyl sites for hydroxylation is 1. The van der Waals surface area contributed by atoms with E-state index in [4.69, 9.17) is 0 Å². The summed E-state index contributed by atoms with van der Waals surface area (Å²) in [6, 6.07) is 12.1. The molecule has 0 saturated carbocycles. The SMILES string of the molecule is Cc1ccc(C(C)(C)CNC(=O)NCc2cccnc2)cc1. The summed E-state index contributed by atoms with van der Waals surface area (Å²) in [7, 11) is 0. The van der Waals surface area contributed by atoms with Gasteiger partial charge >= 0.3 is 6.03 Å². The van der Waals surface area contributed by atoms with Gasteiger partial charge in [-0.15, -0.1) is 0 Å². The van der Waals surface area contributed by atoms with Crippen molar-refractivity contribution in [2.45, 2.75) is 32.7 Å². The van der Waals surface area contributed by atoms with Gasteiger partial charge in [-0.2, -0.15) is 0 Å². The van der Waals surface area contributed by atoms with E-state index in [9.17, 15) is 4.79 Å². The molecule has 1 heterocycles. The lowest BCUT2D eigenvalue weighted by atomic mass is 9.84. The highest BCUT2D eigenvalue weighted by Gasteiger charge is 2.21. The Morgan fingerprint density at radius 2 is 1.86 bits per heavy atom. The van der Waals surface area contributed by atoms with Gasteiger partial charge in [-0.25, -0.2) is 4.79 Å². The van der Waals surface area contributed by atoms with E-state index in [1.807, 2.05) is 12.1 Å². The number of amides is 2. The Labute approximate surface area is 132 Å². The zero-order chi connectivity index (χ0) is 16.0. The molecule has 2 aromatic rings. The van der Waals surface area contributed by atoms with Gasteiger partial charge in [0.05, 0.1) is 0 Å². The van der Waals surface area contributed by atoms with Crippen LogP contribution in [0.2, 0.25) is 0 Å². The molecule has 4 nitrogen and oxygen atoms in total. The third kappa shape index (κ3) is 4.58. The number of hydrogen-bond acceptors (Lipinski definition) is 2. The number of nitrogens with zero attached hydrogens (tertiary/aromatic N) is 1. The number of pyridine rings is 1. The van der Waals surface area contributed by atoms with E-state index in [0.29, 0.717) is 13.1 Å². The Morgan fingerprint density at radius 3 is 2.50 bits per heavy atom. The smallest absolute Gasteiger partial charge is 0.315 e. The zero-order valence-electron chi connectivity index (χ0n) is 13.4. The second kappa shape index (κ2) is 7.07. The van der Waals surface area contributed by atoms with Crippen molar-refractivity contribution in [3.63, 3.8) is 0 Å². The van der Waals surface area contributed by atoms with Crippen molar-refractivity contribution in [1.29, 1.82) is 0 Å². The van der Waals surface area contributed by atoms with Crippen LogP contribution >= 0.6 is 0 Å². The van der Waals surface area contributed by atoms with Crippen LogP contribution in [0.1, 0.15) is 30.5 Å². The fraction of sp³-hybridized carbons (Fsp3) is 0.333. The molecule has 1 aromatic heterocycles. The molecular weight excluding hydrogens is 274 g/mol. The summed E-state index contributed by atoms with van der Waals surface area (Å²) < 4.78 is 0. The van der Waals surface area contributed by atoms with Gasteiger partial charge < -0.3 is 10.6 Å². The monoisotopic (exact) mass is 297 g/mol. The standard InChI is InChI=1S/C18H23N3O/c1-14-6-8-16(9-7-14)18(2,3)13-21-17(22)20-12-15-5-4-10-19-11-15/h4-11H,12-13H2,1-3H3,(H2,20,21,22). The molecule has 0 fully saturated rings. The summed E-state index contributed by atoms with van der Waals surface area (Å²) in [4.78, 5) is 15.9. The number of nitrogens with one attached hydrogen (secondary N) is 2. The summed E-state index contributed by atoms with van der Waals surface area (Å²) in [5.74, 6) is 0. The maximum absolute atomic E-state index is 11.9. The molecule has 22 heavy (non-hydrogen) atoms. The highest BCUT2D eigenvalue weighted by atomic mass is 16.2. The predicted molar refractivity (Wildman–Crippen MR) is 88.7 cm³/mol. The molecule has 0 aliphatic rings. The Hall–Kier alpha value is -2.36. The average molecular weight is 297 g/mol. The Balaban J connectivity index is 1.83. The minimum atomic E-state index is -0.163. The first-order valence-corrected chi connectivity index (χ1v) is 7.45. The van der Waals surface area contributed by atoms with Gasteiger partial charge in [0, 0.05) is 30.9 Å². The number of rotatable bonds is 5. The van der Waals surface area contributed by atoms with Crippen LogP contribution in [0.25, 0.3) is 0 Å². The van der Waals surface area contributed by atoms with Crippen LogP contribution in [0, 0.1) is 6.92 Å². The van der Waals surface area contributed by atoms with Crippen molar-refractivity contribution in [1.82, 2.24) is 15.6 Å². The third-order valence-corrected chi connectivity index (χ3v) is 3.70. The van der Waals surface area contributed by atoms with E-state index in [1.54, 1.807) is 12.4 Å². The van der Waals surface area contributed by atoms with Crippen LogP contribution in [-0.2, 0) is 12.0 Å². The van der Waals surface area contributed by atoms with Crippen molar-refractivity contribution in [3.8, 4) is 0 Å². The van der Waals surface area contributed by atoms with E-state index in [2.05, 4.69) is 60.7 Å². The molecule has 116 valence electrons. The molecule has 2 rings (SSSR count). The first kappa shape index (κ1) is 16.0. The topological polar surface area (TPSA) is 54.0 Å². The number of carbonyl (C=O) groups excluding carboxylic acids is 1. The van der Waals surface area contributed by atoms with Crippen molar-refractivity contribution in [3.05, 3.63) is 65.5 Å². The van der Waals surface area contributed by atoms with Gasteiger partial charge in [-0.3, -0.25) is 4.98 Å². The molecule has 0 saturated heterocycles. The van der Waals surface area contributed by atoms with Crippen molar-refractivity contribution in [2.24, 2.45) is 0 Å². The molecule has 0 radical (unpaired) electrons. The molecule has 0 aliphatic heterocycles. The number of aromatic nitrogens is 1. The van der Waals surface area contributed by atoms with Crippen LogP contribution < -0.4 is 10.6 Å². The summed E-state index contributed by atoms with van der Waals surface area (Å²) in [6.07, 6.45) is 3.46. The predicted octanol–water partition coefficient (Wildman–Crippen LogP) is 3.17. The average Bonchev–Trinajstić information content (AvgIpc) is 2.52. The number of urea groups is 1. The van der Waals surface area contributed by atoms with E-state index >= 15 is 0 Å². The van der Waals surface area contributed by atoms with E-state index in [0.717, 1.165) is 5.56 Å². The molecule has 1 aromatic carbocycles. The van der Waals surface area contributed by atoms with Crippen LogP contribution in [0.4, 0.5) is 4.79 Å². The molecule has 2 N–H and O–H groups in total. The minimum Gasteiger partial charge on any atom is -0.337 e. The number of benzene rings is 1. The second-order valence-electron chi connectivity index (χ2n) is 6.15. The maximum Gasteiger partial charge on any atom is 0.315 e. The summed E-state index contributed by atoms with van der Waals surface area (Å²) >= 11 is 0. The fourth-order valence-electron chi connectivity index (χ4n) is 2.16. The van der Waals surface area contributed by atoms with Crippen LogP contribution in [-0.4, -0.2) is 17.6 Å². The Morgan fingerprint density at radius 1 is 1.14 bits per heavy atom. The van der Waals surface area contributed by atoms with Gasteiger partial charge in [0.1, 0.15) is 0 Å². The largest absolute Gasteiger partial charge is 0.337 e. The Bertz CT molecular complexity index is 606. The lowest BCUT2D eigenvalue weighted by Gasteiger charge is -2.26. The van der Waals surface area contributed by atoms with Crippen LogP contribution in [0.5, 0.6) is 0 Å². The number of carbonyl (C=O) groups is 1. The van der Waals surface area contributed by atoms with Crippen molar-refractivity contribution >= 4 is 6.03 Å².